The first-order valence-electron chi connectivity index (χ1n) is 7.29. The standard InChI is InChI=1S/C16H15ClFNO4S/c17-13-10-12(2-3-14(13)18)24(20,21)19-6-5-11-1-4-15-16(9-11)23-8-7-22-15/h1-4,9-10,19H,5-8H2. The maximum Gasteiger partial charge on any atom is 0.240 e. The van der Waals surface area contributed by atoms with E-state index in [0.717, 1.165) is 17.7 Å². The topological polar surface area (TPSA) is 64.6 Å². The Morgan fingerprint density at radius 3 is 2.58 bits per heavy atom. The lowest BCUT2D eigenvalue weighted by atomic mass is 10.1. The number of sulfonamides is 1. The molecule has 2 aromatic rings. The van der Waals surface area contributed by atoms with Crippen molar-refractivity contribution in [2.45, 2.75) is 11.3 Å². The first kappa shape index (κ1) is 17.0. The molecule has 0 radical (unpaired) electrons. The number of benzene rings is 2. The van der Waals surface area contributed by atoms with Gasteiger partial charge in [-0.2, -0.15) is 0 Å². The first-order chi connectivity index (χ1) is 11.5. The fourth-order valence-electron chi connectivity index (χ4n) is 2.30. The van der Waals surface area contributed by atoms with Crippen molar-refractivity contribution < 1.29 is 22.3 Å². The van der Waals surface area contributed by atoms with Crippen molar-refractivity contribution in [3.8, 4) is 11.5 Å². The maximum absolute atomic E-state index is 13.1. The van der Waals surface area contributed by atoms with Crippen molar-refractivity contribution in [2.24, 2.45) is 0 Å². The van der Waals surface area contributed by atoms with Crippen LogP contribution in [0, 0.1) is 5.82 Å². The highest BCUT2D eigenvalue weighted by molar-refractivity contribution is 7.89. The van der Waals surface area contributed by atoms with Crippen molar-refractivity contribution in [1.29, 1.82) is 0 Å². The van der Waals surface area contributed by atoms with E-state index in [1.165, 1.54) is 6.07 Å². The van der Waals surface area contributed by atoms with Gasteiger partial charge in [0.25, 0.3) is 0 Å². The Balaban J connectivity index is 1.64. The van der Waals surface area contributed by atoms with Crippen LogP contribution in [0.25, 0.3) is 0 Å². The summed E-state index contributed by atoms with van der Waals surface area (Å²) in [5.74, 6) is 0.686. The van der Waals surface area contributed by atoms with E-state index in [9.17, 15) is 12.8 Å². The Kier molecular flexibility index (Phi) is 4.93. The average molecular weight is 372 g/mol. The van der Waals surface area contributed by atoms with Crippen LogP contribution in [0.5, 0.6) is 11.5 Å². The molecule has 0 fully saturated rings. The number of halogens is 2. The minimum absolute atomic E-state index is 0.0731. The quantitative estimate of drug-likeness (QED) is 0.877. The van der Waals surface area contributed by atoms with Crippen molar-refractivity contribution >= 4 is 21.6 Å². The monoisotopic (exact) mass is 371 g/mol. The zero-order chi connectivity index (χ0) is 17.2. The maximum atomic E-state index is 13.1. The molecule has 0 amide bonds. The molecule has 5 nitrogen and oxygen atoms in total. The van der Waals surface area contributed by atoms with Crippen LogP contribution in [-0.4, -0.2) is 28.2 Å². The summed E-state index contributed by atoms with van der Waals surface area (Å²) in [6, 6.07) is 8.78. The molecule has 3 rings (SSSR count). The van der Waals surface area contributed by atoms with Gasteiger partial charge in [0, 0.05) is 6.54 Å². The lowest BCUT2D eigenvalue weighted by Crippen LogP contribution is -2.26. The summed E-state index contributed by atoms with van der Waals surface area (Å²) in [5.41, 5.74) is 0.916. The van der Waals surface area contributed by atoms with E-state index < -0.39 is 15.8 Å². The zero-order valence-corrected chi connectivity index (χ0v) is 14.2. The van der Waals surface area contributed by atoms with E-state index in [1.807, 2.05) is 12.1 Å². The van der Waals surface area contributed by atoms with Crippen LogP contribution in [0.4, 0.5) is 4.39 Å². The third kappa shape index (κ3) is 3.80. The zero-order valence-electron chi connectivity index (χ0n) is 12.6. The Hall–Kier alpha value is -1.83. The van der Waals surface area contributed by atoms with Crippen LogP contribution in [0.2, 0.25) is 5.02 Å². The second kappa shape index (κ2) is 6.96. The summed E-state index contributed by atoms with van der Waals surface area (Å²) in [6.07, 6.45) is 0.477. The molecule has 0 unspecified atom stereocenters. The molecule has 1 heterocycles. The van der Waals surface area contributed by atoms with Gasteiger partial charge in [-0.25, -0.2) is 17.5 Å². The van der Waals surface area contributed by atoms with Gasteiger partial charge < -0.3 is 9.47 Å². The Morgan fingerprint density at radius 2 is 1.83 bits per heavy atom. The molecule has 1 aliphatic heterocycles. The number of nitrogens with one attached hydrogen (secondary N) is 1. The molecular weight excluding hydrogens is 357 g/mol. The molecule has 0 saturated carbocycles. The van der Waals surface area contributed by atoms with Crippen molar-refractivity contribution in [3.05, 3.63) is 52.8 Å². The van der Waals surface area contributed by atoms with Crippen LogP contribution in [0.3, 0.4) is 0 Å². The lowest BCUT2D eigenvalue weighted by Gasteiger charge is -2.18. The smallest absolute Gasteiger partial charge is 0.240 e. The molecular formula is C16H15ClFNO4S. The summed E-state index contributed by atoms with van der Waals surface area (Å²) >= 11 is 5.62. The molecule has 8 heteroatoms. The number of rotatable bonds is 5. The average Bonchev–Trinajstić information content (AvgIpc) is 2.57. The number of hydrogen-bond donors (Lipinski definition) is 1. The predicted molar refractivity (Wildman–Crippen MR) is 87.7 cm³/mol. The van der Waals surface area contributed by atoms with E-state index in [1.54, 1.807) is 6.07 Å². The summed E-state index contributed by atoms with van der Waals surface area (Å²) in [6.45, 7) is 1.21. The number of hydrogen-bond acceptors (Lipinski definition) is 4. The SMILES string of the molecule is O=S(=O)(NCCc1ccc2c(c1)OCCO2)c1ccc(F)c(Cl)c1. The van der Waals surface area contributed by atoms with Gasteiger partial charge in [0.2, 0.25) is 10.0 Å². The number of ether oxygens (including phenoxy) is 2. The van der Waals surface area contributed by atoms with Crippen molar-refractivity contribution in [3.63, 3.8) is 0 Å². The van der Waals surface area contributed by atoms with Gasteiger partial charge in [0.05, 0.1) is 9.92 Å². The van der Waals surface area contributed by atoms with Gasteiger partial charge in [-0.05, 0) is 42.3 Å². The van der Waals surface area contributed by atoms with E-state index in [2.05, 4.69) is 4.72 Å². The van der Waals surface area contributed by atoms with Gasteiger partial charge in [0.1, 0.15) is 19.0 Å². The second-order valence-electron chi connectivity index (χ2n) is 5.20. The molecule has 128 valence electrons. The molecule has 0 saturated heterocycles. The second-order valence-corrected chi connectivity index (χ2v) is 7.38. The van der Waals surface area contributed by atoms with Crippen LogP contribution in [0.1, 0.15) is 5.56 Å². The molecule has 1 aliphatic rings. The fourth-order valence-corrected chi connectivity index (χ4v) is 3.60. The third-order valence-corrected chi connectivity index (χ3v) is 5.26. The first-order valence-corrected chi connectivity index (χ1v) is 9.15. The Bertz CT molecular complexity index is 857. The van der Waals surface area contributed by atoms with Gasteiger partial charge in [-0.3, -0.25) is 0 Å². The van der Waals surface area contributed by atoms with Crippen molar-refractivity contribution in [1.82, 2.24) is 4.72 Å². The highest BCUT2D eigenvalue weighted by atomic mass is 35.5. The van der Waals surface area contributed by atoms with Crippen molar-refractivity contribution in [2.75, 3.05) is 19.8 Å². The summed E-state index contributed by atoms with van der Waals surface area (Å²) in [5, 5.41) is -0.232. The van der Waals surface area contributed by atoms with Crippen LogP contribution in [-0.2, 0) is 16.4 Å². The highest BCUT2D eigenvalue weighted by Gasteiger charge is 2.16. The Morgan fingerprint density at radius 1 is 1.08 bits per heavy atom. The summed E-state index contributed by atoms with van der Waals surface area (Å²) in [7, 11) is -3.74. The molecule has 24 heavy (non-hydrogen) atoms. The third-order valence-electron chi connectivity index (χ3n) is 3.51. The van der Waals surface area contributed by atoms with Crippen LogP contribution in [0.15, 0.2) is 41.3 Å². The molecule has 0 bridgehead atoms. The molecule has 0 atom stereocenters. The largest absolute Gasteiger partial charge is 0.486 e. The normalized spacial score (nSPS) is 13.8. The van der Waals surface area contributed by atoms with Gasteiger partial charge in [-0.1, -0.05) is 17.7 Å². The minimum atomic E-state index is -3.74. The fraction of sp³-hybridized carbons (Fsp3) is 0.250. The summed E-state index contributed by atoms with van der Waals surface area (Å²) < 4.78 is 50.9. The van der Waals surface area contributed by atoms with Gasteiger partial charge >= 0.3 is 0 Å². The highest BCUT2D eigenvalue weighted by Crippen LogP contribution is 2.30. The summed E-state index contributed by atoms with van der Waals surface area (Å²) in [4.78, 5) is -0.0731. The molecule has 2 aromatic carbocycles. The molecule has 0 aliphatic carbocycles. The number of fused-ring (bicyclic) bond motifs is 1. The molecule has 0 spiro atoms. The molecule has 0 aromatic heterocycles. The van der Waals surface area contributed by atoms with Crippen LogP contribution >= 0.6 is 11.6 Å². The van der Waals surface area contributed by atoms with Crippen LogP contribution < -0.4 is 14.2 Å². The van der Waals surface area contributed by atoms with E-state index in [0.29, 0.717) is 31.1 Å². The van der Waals surface area contributed by atoms with E-state index in [4.69, 9.17) is 21.1 Å². The minimum Gasteiger partial charge on any atom is -0.486 e. The van der Waals surface area contributed by atoms with Gasteiger partial charge in [0.15, 0.2) is 11.5 Å². The molecule has 1 N–H and O–H groups in total. The lowest BCUT2D eigenvalue weighted by molar-refractivity contribution is 0.171. The van der Waals surface area contributed by atoms with Gasteiger partial charge in [-0.15, -0.1) is 0 Å². The van der Waals surface area contributed by atoms with E-state index in [-0.39, 0.29) is 16.5 Å². The predicted octanol–water partition coefficient (Wildman–Crippen LogP) is 2.77. The Labute approximate surface area is 144 Å². The van der Waals surface area contributed by atoms with E-state index >= 15 is 0 Å².